The van der Waals surface area contributed by atoms with Crippen LogP contribution in [-0.2, 0) is 9.59 Å². The fraction of sp³-hybridized carbons (Fsp3) is 0. The molecule has 12 aromatic rings. The first-order valence-corrected chi connectivity index (χ1v) is 27.6. The molecular weight excluding hydrogens is 1070 g/mol. The standard InChI is InChI=1S/C72H54N8O6/c81-63-27-15-13-17-51(63)37-47-65(83)75-77-85-61-43-33-57(34-44-61)71-73-67(53-19-5-1-6-20-53)69(55-23-9-3-10-24-55)79(71)59-39-29-49(30-40-59)50-31-41-60(42-32-50)80-70(56-25-11-4-12-26-56)68(54-21-7-2-8-22-54)74-72(80)58-35-45-62(46-36-58)86-78-76-66(84)48-38-52-18-14-16-28-64(52)82/h1-48,77-78,81-82H,(H,75,83)(H,76,84)/b47-37-,48-38-. The van der Waals surface area contributed by atoms with Crippen LogP contribution >= 0.6 is 0 Å². The molecule has 0 radical (unpaired) electrons. The molecule has 0 unspecified atom stereocenters. The normalized spacial score (nSPS) is 11.2. The van der Waals surface area contributed by atoms with Crippen molar-refractivity contribution in [1.29, 1.82) is 0 Å². The second-order valence-corrected chi connectivity index (χ2v) is 19.7. The first-order chi connectivity index (χ1) is 42.3. The molecule has 2 heterocycles. The van der Waals surface area contributed by atoms with E-state index in [0.717, 1.165) is 78.7 Å². The molecule has 10 aromatic carbocycles. The molecule has 0 fully saturated rings. The van der Waals surface area contributed by atoms with Gasteiger partial charge >= 0.3 is 0 Å². The third kappa shape index (κ3) is 12.3. The summed E-state index contributed by atoms with van der Waals surface area (Å²) in [5.41, 5.74) is 23.9. The number of benzene rings is 10. The van der Waals surface area contributed by atoms with Gasteiger partial charge in [0.05, 0.1) is 22.8 Å². The lowest BCUT2D eigenvalue weighted by atomic mass is 10.0. The lowest BCUT2D eigenvalue weighted by Gasteiger charge is -2.16. The highest BCUT2D eigenvalue weighted by Gasteiger charge is 2.25. The van der Waals surface area contributed by atoms with Gasteiger partial charge in [-0.05, 0) is 108 Å². The lowest BCUT2D eigenvalue weighted by Crippen LogP contribution is -2.38. The number of para-hydroxylation sites is 2. The van der Waals surface area contributed by atoms with Gasteiger partial charge in [-0.25, -0.2) is 9.97 Å². The third-order valence-electron chi connectivity index (χ3n) is 14.1. The van der Waals surface area contributed by atoms with E-state index in [4.69, 9.17) is 19.6 Å². The third-order valence-corrected chi connectivity index (χ3v) is 14.1. The Bertz CT molecular complexity index is 4080. The Balaban J connectivity index is 0.844. The van der Waals surface area contributed by atoms with Gasteiger partial charge in [-0.1, -0.05) is 193 Å². The molecule has 0 atom stereocenters. The molecule has 0 saturated heterocycles. The minimum atomic E-state index is -0.472. The fourth-order valence-electron chi connectivity index (χ4n) is 9.94. The van der Waals surface area contributed by atoms with Crippen molar-refractivity contribution >= 4 is 24.0 Å². The molecule has 12 rings (SSSR count). The first-order valence-electron chi connectivity index (χ1n) is 27.6. The zero-order chi connectivity index (χ0) is 58.6. The molecule has 0 saturated carbocycles. The predicted molar refractivity (Wildman–Crippen MR) is 337 cm³/mol. The summed E-state index contributed by atoms with van der Waals surface area (Å²) in [5, 5.41) is 20.1. The molecule has 418 valence electrons. The number of hydrogen-bond acceptors (Lipinski definition) is 10. The van der Waals surface area contributed by atoms with Crippen LogP contribution in [0.5, 0.6) is 23.0 Å². The van der Waals surface area contributed by atoms with Gasteiger partial charge in [0.15, 0.2) is 0 Å². The quantitative estimate of drug-likeness (QED) is 0.0337. The lowest BCUT2D eigenvalue weighted by molar-refractivity contribution is -0.120. The van der Waals surface area contributed by atoms with Crippen LogP contribution < -0.4 is 31.7 Å². The molecule has 86 heavy (non-hydrogen) atoms. The summed E-state index contributed by atoms with van der Waals surface area (Å²) in [5.74, 6) is 1.51. The van der Waals surface area contributed by atoms with Gasteiger partial charge in [0.2, 0.25) is 0 Å². The van der Waals surface area contributed by atoms with Crippen molar-refractivity contribution in [2.24, 2.45) is 0 Å². The van der Waals surface area contributed by atoms with E-state index in [1.165, 1.54) is 24.3 Å². The van der Waals surface area contributed by atoms with Gasteiger partial charge in [0.1, 0.15) is 34.6 Å². The molecule has 0 aliphatic carbocycles. The van der Waals surface area contributed by atoms with Crippen LogP contribution in [0.4, 0.5) is 0 Å². The zero-order valence-corrected chi connectivity index (χ0v) is 46.0. The number of phenolic OH excluding ortho intramolecular Hbond substituents is 2. The molecule has 14 heteroatoms. The number of carbonyl (C=O) groups is 2. The van der Waals surface area contributed by atoms with Crippen LogP contribution in [0.25, 0.3) is 102 Å². The number of carbonyl (C=O) groups excluding carboxylic acids is 2. The van der Waals surface area contributed by atoms with Crippen LogP contribution in [0.3, 0.4) is 0 Å². The van der Waals surface area contributed by atoms with Crippen LogP contribution in [0, 0.1) is 0 Å². The van der Waals surface area contributed by atoms with Gasteiger partial charge in [0, 0.05) is 68.0 Å². The summed E-state index contributed by atoms with van der Waals surface area (Å²) in [7, 11) is 0. The van der Waals surface area contributed by atoms with Crippen molar-refractivity contribution in [3.8, 4) is 113 Å². The monoisotopic (exact) mass is 1130 g/mol. The second-order valence-electron chi connectivity index (χ2n) is 19.7. The molecule has 2 amide bonds. The summed E-state index contributed by atoms with van der Waals surface area (Å²) < 4.78 is 4.39. The Labute approximate surface area is 495 Å². The largest absolute Gasteiger partial charge is 0.507 e. The Hall–Kier alpha value is -11.8. The molecule has 2 aromatic heterocycles. The maximum atomic E-state index is 12.5. The summed E-state index contributed by atoms with van der Waals surface area (Å²) in [4.78, 5) is 47.3. The average Bonchev–Trinajstić information content (AvgIpc) is 1.78. The zero-order valence-electron chi connectivity index (χ0n) is 46.0. The Kier molecular flexibility index (Phi) is 16.2. The van der Waals surface area contributed by atoms with E-state index in [0.29, 0.717) is 34.3 Å². The van der Waals surface area contributed by atoms with Crippen LogP contribution in [0.2, 0.25) is 0 Å². The van der Waals surface area contributed by atoms with E-state index in [-0.39, 0.29) is 11.5 Å². The van der Waals surface area contributed by atoms with Crippen molar-refractivity contribution in [3.63, 3.8) is 0 Å². The van der Waals surface area contributed by atoms with E-state index in [9.17, 15) is 19.8 Å². The summed E-state index contributed by atoms with van der Waals surface area (Å²) in [6.45, 7) is 0. The smallest absolute Gasteiger partial charge is 0.260 e. The van der Waals surface area contributed by atoms with Gasteiger partial charge in [-0.3, -0.25) is 29.6 Å². The van der Waals surface area contributed by atoms with Crippen LogP contribution in [0.1, 0.15) is 11.1 Å². The predicted octanol–water partition coefficient (Wildman–Crippen LogP) is 14.4. The van der Waals surface area contributed by atoms with Crippen molar-refractivity contribution < 1.29 is 29.5 Å². The highest BCUT2D eigenvalue weighted by molar-refractivity contribution is 5.92. The fourth-order valence-corrected chi connectivity index (χ4v) is 9.94. The van der Waals surface area contributed by atoms with Crippen molar-refractivity contribution in [2.45, 2.75) is 0 Å². The summed E-state index contributed by atoms with van der Waals surface area (Å²) >= 11 is 0. The Morgan fingerprint density at radius 3 is 1.01 bits per heavy atom. The highest BCUT2D eigenvalue weighted by atomic mass is 16.7. The van der Waals surface area contributed by atoms with Crippen molar-refractivity contribution in [1.82, 2.24) is 41.1 Å². The van der Waals surface area contributed by atoms with Crippen molar-refractivity contribution in [3.05, 3.63) is 290 Å². The molecule has 14 nitrogen and oxygen atoms in total. The number of amides is 2. The topological polar surface area (TPSA) is 177 Å². The van der Waals surface area contributed by atoms with Crippen LogP contribution in [0.15, 0.2) is 279 Å². The summed E-state index contributed by atoms with van der Waals surface area (Å²) in [6.07, 6.45) is 5.61. The Morgan fingerprint density at radius 2 is 0.663 bits per heavy atom. The van der Waals surface area contributed by atoms with Gasteiger partial charge < -0.3 is 19.9 Å². The highest BCUT2D eigenvalue weighted by Crippen LogP contribution is 2.42. The molecule has 6 N–H and O–H groups in total. The molecule has 0 bridgehead atoms. The Morgan fingerprint density at radius 1 is 0.349 bits per heavy atom. The number of aromatic hydroxyl groups is 2. The van der Waals surface area contributed by atoms with E-state index in [1.54, 1.807) is 72.8 Å². The number of nitrogens with one attached hydrogen (secondary N) is 4. The van der Waals surface area contributed by atoms with Gasteiger partial charge in [-0.15, -0.1) is 0 Å². The van der Waals surface area contributed by atoms with Gasteiger partial charge in [0.25, 0.3) is 11.8 Å². The van der Waals surface area contributed by atoms with E-state index in [1.807, 2.05) is 97.1 Å². The van der Waals surface area contributed by atoms with Crippen molar-refractivity contribution in [2.75, 3.05) is 0 Å². The molecule has 0 aliphatic rings. The maximum Gasteiger partial charge on any atom is 0.260 e. The SMILES string of the molecule is O=C(/C=C\c1ccccc1O)NNOc1ccc(-c2nc(-c3ccccc3)c(-c3ccccc3)n2-c2ccc(-c3ccc(-n4c(-c5ccc(ONNC(=O)/C=C\c6ccccc6O)cc5)nc(-c5ccccc5)c4-c4ccccc4)cc3)cc2)cc1. The number of phenols is 2. The summed E-state index contributed by atoms with van der Waals surface area (Å²) in [6, 6.07) is 86.2. The number of rotatable bonds is 19. The van der Waals surface area contributed by atoms with Crippen LogP contribution in [-0.4, -0.2) is 41.1 Å². The first kappa shape index (κ1) is 54.7. The van der Waals surface area contributed by atoms with E-state index in [2.05, 4.69) is 128 Å². The number of imidazole rings is 2. The molecular formula is C72H54N8O6. The number of nitrogens with zero attached hydrogens (tertiary/aromatic N) is 4. The molecule has 0 spiro atoms. The minimum absolute atomic E-state index is 0.0682. The number of aromatic nitrogens is 4. The second kappa shape index (κ2) is 25.5. The van der Waals surface area contributed by atoms with E-state index < -0.39 is 11.8 Å². The number of hydrazine groups is 2. The number of hydrogen-bond donors (Lipinski definition) is 6. The van der Waals surface area contributed by atoms with Gasteiger partial charge in [-0.2, -0.15) is 0 Å². The maximum absolute atomic E-state index is 12.5. The molecule has 0 aliphatic heterocycles. The minimum Gasteiger partial charge on any atom is -0.507 e. The van der Waals surface area contributed by atoms with E-state index >= 15 is 0 Å². The average molecular weight is 1130 g/mol.